The standard InChI is InChI=1S/C17H26N4O2/c1-2-19-16(20-11-13-5-6-14(23-13)15(18)22)21-10-9-17(12-21)7-3-4-8-17/h5-6H,2-4,7-12H2,1H3,(H2,18,22)(H,19,20). The van der Waals surface area contributed by atoms with E-state index in [0.717, 1.165) is 25.6 Å². The van der Waals surface area contributed by atoms with Gasteiger partial charge in [0.05, 0.1) is 0 Å². The van der Waals surface area contributed by atoms with E-state index in [2.05, 4.69) is 22.1 Å². The smallest absolute Gasteiger partial charge is 0.284 e. The maximum atomic E-state index is 11.1. The van der Waals surface area contributed by atoms with Crippen LogP contribution in [0.25, 0.3) is 0 Å². The lowest BCUT2D eigenvalue weighted by Gasteiger charge is -2.25. The number of rotatable bonds is 4. The number of amides is 1. The average molecular weight is 318 g/mol. The lowest BCUT2D eigenvalue weighted by Crippen LogP contribution is -2.41. The predicted octanol–water partition coefficient (Wildman–Crippen LogP) is 2.11. The molecule has 0 aromatic carbocycles. The third-order valence-electron chi connectivity index (χ3n) is 5.03. The van der Waals surface area contributed by atoms with Gasteiger partial charge >= 0.3 is 0 Å². The minimum Gasteiger partial charge on any atom is -0.454 e. The van der Waals surface area contributed by atoms with E-state index < -0.39 is 5.91 Å². The fourth-order valence-electron chi connectivity index (χ4n) is 3.82. The van der Waals surface area contributed by atoms with Gasteiger partial charge in [-0.3, -0.25) is 4.79 Å². The van der Waals surface area contributed by atoms with Crippen molar-refractivity contribution in [3.05, 3.63) is 23.7 Å². The van der Waals surface area contributed by atoms with Gasteiger partial charge in [-0.2, -0.15) is 0 Å². The second kappa shape index (κ2) is 6.64. The molecule has 2 aliphatic rings. The molecule has 2 fully saturated rings. The fraction of sp³-hybridized carbons (Fsp3) is 0.647. The Bertz CT molecular complexity index is 587. The van der Waals surface area contributed by atoms with Crippen molar-refractivity contribution in [2.24, 2.45) is 16.1 Å². The summed E-state index contributed by atoms with van der Waals surface area (Å²) in [4.78, 5) is 18.1. The summed E-state index contributed by atoms with van der Waals surface area (Å²) in [5.74, 6) is 1.23. The zero-order chi connectivity index (χ0) is 16.3. The van der Waals surface area contributed by atoms with Gasteiger partial charge in [0.25, 0.3) is 5.91 Å². The summed E-state index contributed by atoms with van der Waals surface area (Å²) < 4.78 is 5.40. The molecule has 1 aromatic rings. The zero-order valence-electron chi connectivity index (χ0n) is 13.8. The number of aliphatic imine (C=N–C) groups is 1. The molecule has 3 rings (SSSR count). The Morgan fingerprint density at radius 2 is 2.17 bits per heavy atom. The minimum absolute atomic E-state index is 0.186. The highest BCUT2D eigenvalue weighted by molar-refractivity contribution is 5.89. The Labute approximate surface area is 137 Å². The van der Waals surface area contributed by atoms with Crippen LogP contribution in [0.5, 0.6) is 0 Å². The maximum Gasteiger partial charge on any atom is 0.284 e. The molecule has 6 nitrogen and oxygen atoms in total. The second-order valence-electron chi connectivity index (χ2n) is 6.68. The van der Waals surface area contributed by atoms with Crippen molar-refractivity contribution in [1.29, 1.82) is 0 Å². The molecule has 1 saturated carbocycles. The Kier molecular flexibility index (Phi) is 4.59. The third kappa shape index (κ3) is 3.51. The Hall–Kier alpha value is -1.98. The van der Waals surface area contributed by atoms with E-state index in [1.807, 2.05) is 0 Å². The number of nitrogens with one attached hydrogen (secondary N) is 1. The number of likely N-dealkylation sites (tertiary alicyclic amines) is 1. The van der Waals surface area contributed by atoms with E-state index in [0.29, 0.717) is 17.7 Å². The lowest BCUT2D eigenvalue weighted by molar-refractivity contribution is 0.0972. The number of furan rings is 1. The number of carbonyl (C=O) groups excluding carboxylic acids is 1. The number of hydrogen-bond donors (Lipinski definition) is 2. The van der Waals surface area contributed by atoms with Crippen molar-refractivity contribution in [3.8, 4) is 0 Å². The Morgan fingerprint density at radius 3 is 2.83 bits per heavy atom. The van der Waals surface area contributed by atoms with Crippen molar-refractivity contribution in [2.45, 2.75) is 45.6 Å². The molecule has 1 aliphatic carbocycles. The number of primary amides is 1. The zero-order valence-corrected chi connectivity index (χ0v) is 13.8. The van der Waals surface area contributed by atoms with Gasteiger partial charge in [-0.05, 0) is 43.7 Å². The van der Waals surface area contributed by atoms with Crippen molar-refractivity contribution in [2.75, 3.05) is 19.6 Å². The number of carbonyl (C=O) groups is 1. The highest BCUT2D eigenvalue weighted by Gasteiger charge is 2.41. The fourth-order valence-corrected chi connectivity index (χ4v) is 3.82. The number of guanidine groups is 1. The predicted molar refractivity (Wildman–Crippen MR) is 89.1 cm³/mol. The molecule has 3 N–H and O–H groups in total. The van der Waals surface area contributed by atoms with Gasteiger partial charge in [-0.1, -0.05) is 12.8 Å². The molecule has 0 unspecified atom stereocenters. The molecule has 6 heteroatoms. The van der Waals surface area contributed by atoms with E-state index in [1.165, 1.54) is 32.1 Å². The quantitative estimate of drug-likeness (QED) is 0.658. The van der Waals surface area contributed by atoms with Crippen LogP contribution >= 0.6 is 0 Å². The molecule has 23 heavy (non-hydrogen) atoms. The molecule has 126 valence electrons. The SMILES string of the molecule is CCNC(=NCc1ccc(C(N)=O)o1)N1CCC2(CCCC2)C1. The molecule has 0 radical (unpaired) electrons. The average Bonchev–Trinajstić information content (AvgIpc) is 3.26. The monoisotopic (exact) mass is 318 g/mol. The summed E-state index contributed by atoms with van der Waals surface area (Å²) in [5, 5.41) is 3.37. The van der Waals surface area contributed by atoms with E-state index in [-0.39, 0.29) is 5.76 Å². The van der Waals surface area contributed by atoms with Gasteiger partial charge in [0.2, 0.25) is 0 Å². The van der Waals surface area contributed by atoms with Gasteiger partial charge in [0.1, 0.15) is 12.3 Å². The van der Waals surface area contributed by atoms with E-state index >= 15 is 0 Å². The van der Waals surface area contributed by atoms with Crippen LogP contribution < -0.4 is 11.1 Å². The topological polar surface area (TPSA) is 83.9 Å². The summed E-state index contributed by atoms with van der Waals surface area (Å²) in [6.45, 7) is 5.50. The molecule has 2 heterocycles. The Balaban J connectivity index is 1.66. The van der Waals surface area contributed by atoms with Crippen molar-refractivity contribution >= 4 is 11.9 Å². The summed E-state index contributed by atoms with van der Waals surface area (Å²) >= 11 is 0. The van der Waals surface area contributed by atoms with Crippen LogP contribution in [0.15, 0.2) is 21.5 Å². The first kappa shape index (κ1) is 15.9. The molecule has 1 aliphatic heterocycles. The first-order valence-corrected chi connectivity index (χ1v) is 8.54. The van der Waals surface area contributed by atoms with Gasteiger partial charge < -0.3 is 20.4 Å². The molecule has 1 saturated heterocycles. The van der Waals surface area contributed by atoms with Crippen LogP contribution in [0.2, 0.25) is 0 Å². The first-order valence-electron chi connectivity index (χ1n) is 8.54. The minimum atomic E-state index is -0.546. The van der Waals surface area contributed by atoms with Gasteiger partial charge in [-0.25, -0.2) is 4.99 Å². The molecule has 1 amide bonds. The van der Waals surface area contributed by atoms with Crippen LogP contribution in [0.3, 0.4) is 0 Å². The molecule has 1 aromatic heterocycles. The van der Waals surface area contributed by atoms with Crippen molar-refractivity contribution in [3.63, 3.8) is 0 Å². The number of nitrogens with two attached hydrogens (primary N) is 1. The second-order valence-corrected chi connectivity index (χ2v) is 6.68. The van der Waals surface area contributed by atoms with Crippen LogP contribution in [0.4, 0.5) is 0 Å². The molecular weight excluding hydrogens is 292 g/mol. The normalized spacial score (nSPS) is 20.4. The Morgan fingerprint density at radius 1 is 1.39 bits per heavy atom. The highest BCUT2D eigenvalue weighted by Crippen LogP contribution is 2.45. The highest BCUT2D eigenvalue weighted by atomic mass is 16.3. The van der Waals surface area contributed by atoms with Crippen molar-refractivity contribution in [1.82, 2.24) is 10.2 Å². The summed E-state index contributed by atoms with van der Waals surface area (Å²) in [5.41, 5.74) is 5.72. The summed E-state index contributed by atoms with van der Waals surface area (Å²) in [6.07, 6.45) is 6.70. The first-order chi connectivity index (χ1) is 11.1. The van der Waals surface area contributed by atoms with Crippen LogP contribution in [-0.4, -0.2) is 36.4 Å². The van der Waals surface area contributed by atoms with E-state index in [1.54, 1.807) is 12.1 Å². The van der Waals surface area contributed by atoms with Gasteiger partial charge in [0, 0.05) is 19.6 Å². The number of nitrogens with zero attached hydrogens (tertiary/aromatic N) is 2. The molecule has 0 atom stereocenters. The molecule has 1 spiro atoms. The lowest BCUT2D eigenvalue weighted by atomic mass is 9.86. The summed E-state index contributed by atoms with van der Waals surface area (Å²) in [7, 11) is 0. The maximum absolute atomic E-state index is 11.1. The number of hydrogen-bond acceptors (Lipinski definition) is 3. The van der Waals surface area contributed by atoms with Gasteiger partial charge in [0.15, 0.2) is 11.7 Å². The van der Waals surface area contributed by atoms with E-state index in [9.17, 15) is 4.79 Å². The van der Waals surface area contributed by atoms with Crippen molar-refractivity contribution < 1.29 is 9.21 Å². The molecular formula is C17H26N4O2. The van der Waals surface area contributed by atoms with Crippen LogP contribution in [-0.2, 0) is 6.54 Å². The molecule has 0 bridgehead atoms. The third-order valence-corrected chi connectivity index (χ3v) is 5.03. The van der Waals surface area contributed by atoms with Crippen LogP contribution in [0, 0.1) is 5.41 Å². The van der Waals surface area contributed by atoms with Gasteiger partial charge in [-0.15, -0.1) is 0 Å². The largest absolute Gasteiger partial charge is 0.454 e. The summed E-state index contributed by atoms with van der Waals surface area (Å²) in [6, 6.07) is 3.36. The van der Waals surface area contributed by atoms with E-state index in [4.69, 9.17) is 10.2 Å². The van der Waals surface area contributed by atoms with Crippen LogP contribution in [0.1, 0.15) is 55.3 Å².